The Labute approximate surface area is 148 Å². The van der Waals surface area contributed by atoms with E-state index in [9.17, 15) is 9.90 Å². The molecule has 1 aliphatic rings. The molecule has 3 rings (SSSR count). The van der Waals surface area contributed by atoms with Gasteiger partial charge in [0.2, 0.25) is 5.91 Å². The molecular weight excluding hydrogens is 316 g/mol. The van der Waals surface area contributed by atoms with Crippen molar-refractivity contribution in [2.24, 2.45) is 5.92 Å². The summed E-state index contributed by atoms with van der Waals surface area (Å²) in [7, 11) is 1.98. The van der Waals surface area contributed by atoms with E-state index in [0.717, 1.165) is 36.2 Å². The molecule has 0 radical (unpaired) electrons. The molecule has 2 heterocycles. The Kier molecular flexibility index (Phi) is 5.39. The third-order valence-electron chi connectivity index (χ3n) is 5.23. The number of carbonyl (C=O) groups excluding carboxylic acids is 1. The van der Waals surface area contributed by atoms with Gasteiger partial charge in [-0.15, -0.1) is 0 Å². The lowest BCUT2D eigenvalue weighted by atomic mass is 9.94. The van der Waals surface area contributed by atoms with Crippen LogP contribution in [0.1, 0.15) is 29.8 Å². The summed E-state index contributed by atoms with van der Waals surface area (Å²) in [5, 5.41) is 13.0. The summed E-state index contributed by atoms with van der Waals surface area (Å²) in [6.45, 7) is 6.25. The predicted molar refractivity (Wildman–Crippen MR) is 98.5 cm³/mol. The second kappa shape index (κ2) is 7.54. The zero-order valence-electron chi connectivity index (χ0n) is 15.3. The van der Waals surface area contributed by atoms with Crippen LogP contribution in [0.3, 0.4) is 0 Å². The monoisotopic (exact) mass is 344 g/mol. The summed E-state index contributed by atoms with van der Waals surface area (Å²) in [6.07, 6.45) is 1.74. The van der Waals surface area contributed by atoms with E-state index in [1.807, 2.05) is 7.05 Å². The fourth-order valence-electron chi connectivity index (χ4n) is 3.44. The van der Waals surface area contributed by atoms with Crippen molar-refractivity contribution in [3.05, 3.63) is 29.1 Å². The molecule has 6 heteroatoms. The molecule has 0 unspecified atom stereocenters. The average molecular weight is 344 g/mol. The highest BCUT2D eigenvalue weighted by atomic mass is 16.3. The van der Waals surface area contributed by atoms with Gasteiger partial charge in [0.25, 0.3) is 0 Å². The van der Waals surface area contributed by atoms with E-state index in [4.69, 9.17) is 0 Å². The Balaban J connectivity index is 1.50. The average Bonchev–Trinajstić information content (AvgIpc) is 3.01. The molecule has 0 aliphatic carbocycles. The summed E-state index contributed by atoms with van der Waals surface area (Å²) >= 11 is 0. The summed E-state index contributed by atoms with van der Waals surface area (Å²) < 4.78 is 0. The number of fused-ring (bicyclic) bond motifs is 1. The van der Waals surface area contributed by atoms with Crippen LogP contribution in [0.15, 0.2) is 12.1 Å². The Morgan fingerprint density at radius 2 is 2.24 bits per heavy atom. The standard InChI is InChI=1S/C19H28N4O2/c1-12-6-7-15-18(13(12)2)22-17(21-15)5-4-9-20-19(25)14-11-23(3)10-8-16(14)24/h6-7,14,16,24H,4-5,8-11H2,1-3H3,(H,20,25)(H,21,22)/t14-,16+/m1/s1. The minimum atomic E-state index is -0.530. The normalized spacial score (nSPS) is 21.6. The summed E-state index contributed by atoms with van der Waals surface area (Å²) in [5.74, 6) is 0.584. The molecule has 1 saturated heterocycles. The quantitative estimate of drug-likeness (QED) is 0.719. The number of hydrogen-bond donors (Lipinski definition) is 3. The van der Waals surface area contributed by atoms with E-state index in [1.54, 1.807) is 0 Å². The number of aliphatic hydroxyl groups is 1. The second-order valence-electron chi connectivity index (χ2n) is 7.21. The van der Waals surface area contributed by atoms with Crippen molar-refractivity contribution < 1.29 is 9.90 Å². The molecule has 1 aromatic carbocycles. The molecule has 25 heavy (non-hydrogen) atoms. The number of aliphatic hydroxyl groups excluding tert-OH is 1. The number of hydrogen-bond acceptors (Lipinski definition) is 4. The van der Waals surface area contributed by atoms with Gasteiger partial charge in [-0.2, -0.15) is 0 Å². The zero-order chi connectivity index (χ0) is 18.0. The molecular formula is C19H28N4O2. The number of carbonyl (C=O) groups is 1. The number of rotatable bonds is 5. The van der Waals surface area contributed by atoms with Crippen LogP contribution in [0.5, 0.6) is 0 Å². The van der Waals surface area contributed by atoms with Gasteiger partial charge < -0.3 is 20.3 Å². The lowest BCUT2D eigenvalue weighted by Crippen LogP contribution is -2.48. The highest BCUT2D eigenvalue weighted by Gasteiger charge is 2.31. The highest BCUT2D eigenvalue weighted by molar-refractivity contribution is 5.80. The van der Waals surface area contributed by atoms with Gasteiger partial charge in [0, 0.05) is 26.1 Å². The molecule has 0 spiro atoms. The van der Waals surface area contributed by atoms with Crippen LogP contribution in [0, 0.1) is 19.8 Å². The molecule has 2 aromatic rings. The summed E-state index contributed by atoms with van der Waals surface area (Å²) in [6, 6.07) is 4.17. The lowest BCUT2D eigenvalue weighted by molar-refractivity contribution is -0.131. The fourth-order valence-corrected chi connectivity index (χ4v) is 3.44. The maximum absolute atomic E-state index is 12.3. The first-order valence-electron chi connectivity index (χ1n) is 9.05. The van der Waals surface area contributed by atoms with Crippen LogP contribution in [0.25, 0.3) is 11.0 Å². The molecule has 3 N–H and O–H groups in total. The maximum atomic E-state index is 12.3. The Morgan fingerprint density at radius 3 is 3.04 bits per heavy atom. The van der Waals surface area contributed by atoms with Gasteiger partial charge in [-0.05, 0) is 50.9 Å². The number of likely N-dealkylation sites (tertiary alicyclic amines) is 1. The minimum absolute atomic E-state index is 0.0462. The largest absolute Gasteiger partial charge is 0.392 e. The molecule has 2 atom stereocenters. The number of nitrogens with one attached hydrogen (secondary N) is 2. The number of aromatic amines is 1. The van der Waals surface area contributed by atoms with Crippen molar-refractivity contribution in [3.63, 3.8) is 0 Å². The molecule has 136 valence electrons. The fraction of sp³-hybridized carbons (Fsp3) is 0.579. The first-order chi connectivity index (χ1) is 12.0. The molecule has 0 saturated carbocycles. The molecule has 0 bridgehead atoms. The van der Waals surface area contributed by atoms with E-state index < -0.39 is 6.10 Å². The smallest absolute Gasteiger partial charge is 0.227 e. The van der Waals surface area contributed by atoms with Gasteiger partial charge in [-0.3, -0.25) is 4.79 Å². The van der Waals surface area contributed by atoms with E-state index in [-0.39, 0.29) is 11.8 Å². The van der Waals surface area contributed by atoms with E-state index in [1.165, 1.54) is 11.1 Å². The lowest BCUT2D eigenvalue weighted by Gasteiger charge is -2.32. The van der Waals surface area contributed by atoms with Crippen molar-refractivity contribution in [2.45, 2.75) is 39.2 Å². The highest BCUT2D eigenvalue weighted by Crippen LogP contribution is 2.20. The van der Waals surface area contributed by atoms with Gasteiger partial charge >= 0.3 is 0 Å². The van der Waals surface area contributed by atoms with Crippen LogP contribution in [0.4, 0.5) is 0 Å². The Morgan fingerprint density at radius 1 is 1.44 bits per heavy atom. The van der Waals surface area contributed by atoms with Crippen molar-refractivity contribution in [1.29, 1.82) is 0 Å². The first kappa shape index (κ1) is 17.9. The molecule has 1 amide bonds. The zero-order valence-corrected chi connectivity index (χ0v) is 15.3. The van der Waals surface area contributed by atoms with E-state index in [2.05, 4.69) is 46.2 Å². The number of aryl methyl sites for hydroxylation is 3. The van der Waals surface area contributed by atoms with Crippen molar-refractivity contribution in [2.75, 3.05) is 26.7 Å². The number of imidazole rings is 1. The maximum Gasteiger partial charge on any atom is 0.227 e. The Hall–Kier alpha value is -1.92. The van der Waals surface area contributed by atoms with Gasteiger partial charge in [0.05, 0.1) is 23.1 Å². The van der Waals surface area contributed by atoms with Crippen LogP contribution in [0.2, 0.25) is 0 Å². The number of H-pyrrole nitrogens is 1. The molecule has 1 aliphatic heterocycles. The molecule has 6 nitrogen and oxygen atoms in total. The second-order valence-corrected chi connectivity index (χ2v) is 7.21. The number of nitrogens with zero attached hydrogens (tertiary/aromatic N) is 2. The number of benzene rings is 1. The number of aromatic nitrogens is 2. The molecule has 1 aromatic heterocycles. The molecule has 1 fully saturated rings. The van der Waals surface area contributed by atoms with Crippen LogP contribution >= 0.6 is 0 Å². The van der Waals surface area contributed by atoms with Crippen molar-refractivity contribution in [3.8, 4) is 0 Å². The van der Waals surface area contributed by atoms with Crippen LogP contribution in [-0.2, 0) is 11.2 Å². The third kappa shape index (κ3) is 4.02. The van der Waals surface area contributed by atoms with Crippen molar-refractivity contribution in [1.82, 2.24) is 20.2 Å². The van der Waals surface area contributed by atoms with Gasteiger partial charge in [0.1, 0.15) is 5.82 Å². The van der Waals surface area contributed by atoms with E-state index in [0.29, 0.717) is 19.5 Å². The van der Waals surface area contributed by atoms with Crippen LogP contribution < -0.4 is 5.32 Å². The van der Waals surface area contributed by atoms with Crippen LogP contribution in [-0.4, -0.2) is 58.7 Å². The van der Waals surface area contributed by atoms with Gasteiger partial charge in [0.15, 0.2) is 0 Å². The van der Waals surface area contributed by atoms with Gasteiger partial charge in [-0.25, -0.2) is 4.98 Å². The first-order valence-corrected chi connectivity index (χ1v) is 9.05. The number of piperidine rings is 1. The third-order valence-corrected chi connectivity index (χ3v) is 5.23. The topological polar surface area (TPSA) is 81.2 Å². The van der Waals surface area contributed by atoms with E-state index >= 15 is 0 Å². The SMILES string of the molecule is Cc1ccc2[nH]c(CCCNC(=O)[C@@H]3CN(C)CC[C@@H]3O)nc2c1C. The van der Waals surface area contributed by atoms with Crippen molar-refractivity contribution >= 4 is 16.9 Å². The summed E-state index contributed by atoms with van der Waals surface area (Å²) in [5.41, 5.74) is 4.56. The number of amides is 1. The predicted octanol–water partition coefficient (Wildman–Crippen LogP) is 1.54. The Bertz CT molecular complexity index is 755. The minimum Gasteiger partial charge on any atom is -0.392 e. The summed E-state index contributed by atoms with van der Waals surface area (Å²) in [4.78, 5) is 22.4. The van der Waals surface area contributed by atoms with Gasteiger partial charge in [-0.1, -0.05) is 6.07 Å².